The van der Waals surface area contributed by atoms with Crippen molar-refractivity contribution in [2.45, 2.75) is 32.6 Å². The molecule has 0 unspecified atom stereocenters. The number of pyridine rings is 2. The minimum atomic E-state index is -0.468. The first-order chi connectivity index (χ1) is 16.9. The minimum absolute atomic E-state index is 0.203. The molecule has 0 saturated heterocycles. The molecule has 0 atom stereocenters. The van der Waals surface area contributed by atoms with Crippen molar-refractivity contribution in [2.24, 2.45) is 5.92 Å². The Morgan fingerprint density at radius 1 is 1.17 bits per heavy atom. The van der Waals surface area contributed by atoms with Gasteiger partial charge in [0.05, 0.1) is 22.4 Å². The van der Waals surface area contributed by atoms with E-state index < -0.39 is 5.91 Å². The third kappa shape index (κ3) is 4.68. The second-order valence-electron chi connectivity index (χ2n) is 8.61. The van der Waals surface area contributed by atoms with E-state index in [4.69, 9.17) is 11.6 Å². The summed E-state index contributed by atoms with van der Waals surface area (Å²) in [4.78, 5) is 31.1. The summed E-state index contributed by atoms with van der Waals surface area (Å²) in [5.74, 6) is 0.0416. The number of carbonyl (C=O) groups excluding carboxylic acids is 2. The van der Waals surface area contributed by atoms with Crippen molar-refractivity contribution in [1.29, 1.82) is 0 Å². The van der Waals surface area contributed by atoms with Crippen LogP contribution in [0.3, 0.4) is 0 Å². The van der Waals surface area contributed by atoms with E-state index in [1.165, 1.54) is 17.5 Å². The molecule has 1 aliphatic rings. The standard InChI is InChI=1S/C24H23BrClN7O2/c1-14-11-16-8-10-29-32(16)21(24(35)28-13-15-5-2-3-6-15)20(14)30-23(34)18-12-19(25)31-33(18)22-17(26)7-4-9-27-22/h4,7-12,15H,2-3,5-6,13H2,1H3,(H,28,35)(H,30,34). The fraction of sp³-hybridized carbons (Fsp3) is 0.292. The number of aryl methyl sites for hydroxylation is 1. The Morgan fingerprint density at radius 2 is 1.97 bits per heavy atom. The van der Waals surface area contributed by atoms with Crippen LogP contribution in [0.25, 0.3) is 11.3 Å². The van der Waals surface area contributed by atoms with Gasteiger partial charge in [0.1, 0.15) is 10.3 Å². The van der Waals surface area contributed by atoms with Crippen molar-refractivity contribution in [3.63, 3.8) is 0 Å². The van der Waals surface area contributed by atoms with Gasteiger partial charge in [0, 0.05) is 18.8 Å². The maximum Gasteiger partial charge on any atom is 0.274 e. The molecule has 0 aliphatic heterocycles. The van der Waals surface area contributed by atoms with Crippen molar-refractivity contribution < 1.29 is 9.59 Å². The molecule has 11 heteroatoms. The van der Waals surface area contributed by atoms with Gasteiger partial charge < -0.3 is 10.6 Å². The molecule has 4 aromatic heterocycles. The zero-order valence-electron chi connectivity index (χ0n) is 19.0. The second-order valence-corrected chi connectivity index (χ2v) is 9.83. The van der Waals surface area contributed by atoms with Gasteiger partial charge in [0.2, 0.25) is 0 Å². The van der Waals surface area contributed by atoms with Crippen LogP contribution in [0.5, 0.6) is 0 Å². The lowest BCUT2D eigenvalue weighted by Crippen LogP contribution is -2.32. The summed E-state index contributed by atoms with van der Waals surface area (Å²) in [6.45, 7) is 2.44. The van der Waals surface area contributed by atoms with E-state index in [9.17, 15) is 9.59 Å². The van der Waals surface area contributed by atoms with Gasteiger partial charge in [0.15, 0.2) is 11.5 Å². The average molecular weight is 557 g/mol. The summed E-state index contributed by atoms with van der Waals surface area (Å²) < 4.78 is 3.36. The molecule has 1 fully saturated rings. The number of nitrogens with one attached hydrogen (secondary N) is 2. The Morgan fingerprint density at radius 3 is 2.74 bits per heavy atom. The highest BCUT2D eigenvalue weighted by Crippen LogP contribution is 2.27. The third-order valence-corrected chi connectivity index (χ3v) is 6.89. The Labute approximate surface area is 215 Å². The van der Waals surface area contributed by atoms with Crippen molar-refractivity contribution in [3.05, 3.63) is 69.3 Å². The van der Waals surface area contributed by atoms with Crippen LogP contribution in [-0.4, -0.2) is 42.7 Å². The molecule has 4 heterocycles. The largest absolute Gasteiger partial charge is 0.350 e. The number of amides is 2. The van der Waals surface area contributed by atoms with E-state index in [2.05, 4.69) is 41.7 Å². The number of hydrogen-bond acceptors (Lipinski definition) is 5. The maximum atomic E-state index is 13.5. The Hall–Kier alpha value is -3.24. The van der Waals surface area contributed by atoms with Crippen LogP contribution in [0.1, 0.15) is 52.2 Å². The van der Waals surface area contributed by atoms with Crippen molar-refractivity contribution in [2.75, 3.05) is 11.9 Å². The summed E-state index contributed by atoms with van der Waals surface area (Å²) in [6, 6.07) is 8.63. The first-order valence-electron chi connectivity index (χ1n) is 11.4. The molecule has 4 aromatic rings. The lowest BCUT2D eigenvalue weighted by Gasteiger charge is -2.17. The van der Waals surface area contributed by atoms with Crippen LogP contribution < -0.4 is 10.6 Å². The van der Waals surface area contributed by atoms with Gasteiger partial charge in [-0.1, -0.05) is 24.4 Å². The molecular formula is C24H23BrClN7O2. The van der Waals surface area contributed by atoms with E-state index >= 15 is 0 Å². The molecular weight excluding hydrogens is 534 g/mol. The highest BCUT2D eigenvalue weighted by atomic mass is 79.9. The summed E-state index contributed by atoms with van der Waals surface area (Å²) in [5, 5.41) is 15.0. The molecule has 1 saturated carbocycles. The molecule has 0 aromatic carbocycles. The van der Waals surface area contributed by atoms with E-state index in [0.29, 0.717) is 33.6 Å². The normalized spacial score (nSPS) is 13.9. The van der Waals surface area contributed by atoms with Crippen molar-refractivity contribution in [3.8, 4) is 5.82 Å². The minimum Gasteiger partial charge on any atom is -0.350 e. The molecule has 1 aliphatic carbocycles. The van der Waals surface area contributed by atoms with Crippen LogP contribution in [-0.2, 0) is 0 Å². The van der Waals surface area contributed by atoms with Crippen molar-refractivity contribution >= 4 is 50.5 Å². The number of anilines is 1. The lowest BCUT2D eigenvalue weighted by atomic mass is 10.1. The third-order valence-electron chi connectivity index (χ3n) is 6.21. The predicted octanol–water partition coefficient (Wildman–Crippen LogP) is 4.81. The summed E-state index contributed by atoms with van der Waals surface area (Å²) in [6.07, 6.45) is 7.82. The van der Waals surface area contributed by atoms with Gasteiger partial charge in [-0.3, -0.25) is 9.59 Å². The van der Waals surface area contributed by atoms with Crippen LogP contribution in [0, 0.1) is 12.8 Å². The highest BCUT2D eigenvalue weighted by molar-refractivity contribution is 9.10. The average Bonchev–Trinajstić information content (AvgIpc) is 3.59. The Bertz CT molecular complexity index is 1420. The molecule has 5 rings (SSSR count). The van der Waals surface area contributed by atoms with Crippen molar-refractivity contribution in [1.82, 2.24) is 29.7 Å². The highest BCUT2D eigenvalue weighted by Gasteiger charge is 2.25. The second kappa shape index (κ2) is 9.79. The topological polar surface area (TPSA) is 106 Å². The number of rotatable bonds is 6. The number of hydrogen-bond donors (Lipinski definition) is 2. The number of halogens is 2. The van der Waals surface area contributed by atoms with Crippen LogP contribution in [0.15, 0.2) is 47.3 Å². The lowest BCUT2D eigenvalue weighted by molar-refractivity contribution is 0.0941. The maximum absolute atomic E-state index is 13.5. The smallest absolute Gasteiger partial charge is 0.274 e. The van der Waals surface area contributed by atoms with E-state index in [1.807, 2.05) is 19.1 Å². The first kappa shape index (κ1) is 23.5. The Balaban J connectivity index is 1.51. The van der Waals surface area contributed by atoms with E-state index in [-0.39, 0.29) is 17.3 Å². The van der Waals surface area contributed by atoms with Gasteiger partial charge in [-0.05, 0) is 71.4 Å². The molecule has 9 nitrogen and oxygen atoms in total. The summed E-state index contributed by atoms with van der Waals surface area (Å²) in [7, 11) is 0. The number of carbonyl (C=O) groups is 2. The van der Waals surface area contributed by atoms with Crippen LogP contribution >= 0.6 is 27.5 Å². The summed E-state index contributed by atoms with van der Waals surface area (Å²) >= 11 is 9.63. The van der Waals surface area contributed by atoms with Gasteiger partial charge in [-0.2, -0.15) is 10.2 Å². The molecule has 2 amide bonds. The molecule has 0 spiro atoms. The number of nitrogens with zero attached hydrogens (tertiary/aromatic N) is 5. The zero-order chi connectivity index (χ0) is 24.5. The SMILES string of the molecule is Cc1cc2ccnn2c(C(=O)NCC2CCCC2)c1NC(=O)c1cc(Br)nn1-c1ncccc1Cl. The van der Waals surface area contributed by atoms with Crippen LogP contribution in [0.4, 0.5) is 5.69 Å². The molecule has 35 heavy (non-hydrogen) atoms. The predicted molar refractivity (Wildman–Crippen MR) is 136 cm³/mol. The first-order valence-corrected chi connectivity index (χ1v) is 12.5. The van der Waals surface area contributed by atoms with Crippen LogP contribution in [0.2, 0.25) is 5.02 Å². The van der Waals surface area contributed by atoms with Gasteiger partial charge in [0.25, 0.3) is 11.8 Å². The quantitative estimate of drug-likeness (QED) is 0.354. The Kier molecular flexibility index (Phi) is 6.57. The monoisotopic (exact) mass is 555 g/mol. The van der Waals surface area contributed by atoms with E-state index in [0.717, 1.165) is 23.9 Å². The fourth-order valence-corrected chi connectivity index (χ4v) is 5.06. The van der Waals surface area contributed by atoms with Gasteiger partial charge in [-0.15, -0.1) is 0 Å². The van der Waals surface area contributed by atoms with Gasteiger partial charge >= 0.3 is 0 Å². The number of fused-ring (bicyclic) bond motifs is 1. The molecule has 180 valence electrons. The zero-order valence-corrected chi connectivity index (χ0v) is 21.3. The van der Waals surface area contributed by atoms with Gasteiger partial charge in [-0.25, -0.2) is 14.2 Å². The molecule has 2 N–H and O–H groups in total. The molecule has 0 bridgehead atoms. The fourth-order valence-electron chi connectivity index (χ4n) is 4.49. The summed E-state index contributed by atoms with van der Waals surface area (Å²) in [5.41, 5.74) is 2.36. The molecule has 0 radical (unpaired) electrons. The number of aromatic nitrogens is 5. The van der Waals surface area contributed by atoms with E-state index in [1.54, 1.807) is 35.1 Å².